The summed E-state index contributed by atoms with van der Waals surface area (Å²) in [5, 5.41) is 3.01. The minimum absolute atomic E-state index is 0.167. The lowest BCUT2D eigenvalue weighted by Crippen LogP contribution is -2.44. The van der Waals surface area contributed by atoms with Gasteiger partial charge in [0.15, 0.2) is 0 Å². The van der Waals surface area contributed by atoms with Crippen molar-refractivity contribution in [3.05, 3.63) is 23.8 Å². The van der Waals surface area contributed by atoms with Crippen molar-refractivity contribution in [3.8, 4) is 0 Å². The van der Waals surface area contributed by atoms with E-state index in [2.05, 4.69) is 5.32 Å². The van der Waals surface area contributed by atoms with E-state index in [0.29, 0.717) is 12.2 Å². The van der Waals surface area contributed by atoms with Crippen LogP contribution in [0, 0.1) is 0 Å². The third-order valence-corrected chi connectivity index (χ3v) is 3.29. The van der Waals surface area contributed by atoms with Crippen LogP contribution in [-0.2, 0) is 6.18 Å². The molecule has 108 valence electrons. The average Bonchev–Trinajstić information content (AvgIpc) is 2.26. The minimum Gasteiger partial charge on any atom is -0.398 e. The minimum atomic E-state index is -4.43. The van der Waals surface area contributed by atoms with Gasteiger partial charge in [-0.2, -0.15) is 13.2 Å². The summed E-state index contributed by atoms with van der Waals surface area (Å²) in [7, 11) is 3.84. The van der Waals surface area contributed by atoms with Crippen molar-refractivity contribution < 1.29 is 13.2 Å². The molecule has 1 rings (SSSR count). The van der Waals surface area contributed by atoms with Gasteiger partial charge in [-0.15, -0.1) is 0 Å². The molecule has 19 heavy (non-hydrogen) atoms. The van der Waals surface area contributed by atoms with E-state index in [9.17, 15) is 13.2 Å². The standard InChI is InChI=1S/C13H20F3N3/c1-12(2,19(3)4)8-18-9-5-6-11(17)10(7-9)13(14,15)16/h5-7,18H,8,17H2,1-4H3. The number of rotatable bonds is 4. The van der Waals surface area contributed by atoms with Crippen LogP contribution in [0.5, 0.6) is 0 Å². The maximum Gasteiger partial charge on any atom is 0.418 e. The van der Waals surface area contributed by atoms with Crippen LogP contribution in [0.2, 0.25) is 0 Å². The second-order valence-electron chi connectivity index (χ2n) is 5.36. The number of benzene rings is 1. The van der Waals surface area contributed by atoms with Gasteiger partial charge in [0.05, 0.1) is 5.56 Å². The van der Waals surface area contributed by atoms with Crippen molar-refractivity contribution in [1.29, 1.82) is 0 Å². The molecular weight excluding hydrogens is 255 g/mol. The van der Waals surface area contributed by atoms with Gasteiger partial charge in [-0.1, -0.05) is 0 Å². The van der Waals surface area contributed by atoms with Crippen LogP contribution in [0.25, 0.3) is 0 Å². The first-order valence-corrected chi connectivity index (χ1v) is 5.92. The highest BCUT2D eigenvalue weighted by atomic mass is 19.4. The lowest BCUT2D eigenvalue weighted by molar-refractivity contribution is -0.136. The van der Waals surface area contributed by atoms with E-state index >= 15 is 0 Å². The molecule has 1 aromatic rings. The van der Waals surface area contributed by atoms with Crippen molar-refractivity contribution in [2.75, 3.05) is 31.7 Å². The van der Waals surface area contributed by atoms with Crippen molar-refractivity contribution in [2.45, 2.75) is 25.6 Å². The lowest BCUT2D eigenvalue weighted by atomic mass is 10.0. The van der Waals surface area contributed by atoms with Gasteiger partial charge < -0.3 is 16.0 Å². The van der Waals surface area contributed by atoms with Gasteiger partial charge in [-0.3, -0.25) is 0 Å². The molecule has 0 radical (unpaired) electrons. The number of nitrogen functional groups attached to an aromatic ring is 1. The maximum absolute atomic E-state index is 12.7. The van der Waals surface area contributed by atoms with Crippen LogP contribution in [0.15, 0.2) is 18.2 Å². The normalized spacial score (nSPS) is 12.8. The summed E-state index contributed by atoms with van der Waals surface area (Å²) in [4.78, 5) is 2.00. The zero-order chi connectivity index (χ0) is 14.8. The Morgan fingerprint density at radius 3 is 2.26 bits per heavy atom. The second-order valence-corrected chi connectivity index (χ2v) is 5.36. The summed E-state index contributed by atoms with van der Waals surface area (Å²) >= 11 is 0. The van der Waals surface area contributed by atoms with E-state index in [-0.39, 0.29) is 11.2 Å². The van der Waals surface area contributed by atoms with Crippen LogP contribution < -0.4 is 11.1 Å². The number of anilines is 2. The maximum atomic E-state index is 12.7. The van der Waals surface area contributed by atoms with E-state index in [0.717, 1.165) is 6.07 Å². The van der Waals surface area contributed by atoms with Gasteiger partial charge in [-0.25, -0.2) is 0 Å². The predicted molar refractivity (Wildman–Crippen MR) is 72.1 cm³/mol. The summed E-state index contributed by atoms with van der Waals surface area (Å²) in [6, 6.07) is 3.87. The van der Waals surface area contributed by atoms with Crippen LogP contribution in [0.1, 0.15) is 19.4 Å². The summed E-state index contributed by atoms with van der Waals surface area (Å²) < 4.78 is 38.1. The fraction of sp³-hybridized carbons (Fsp3) is 0.538. The van der Waals surface area contributed by atoms with Gasteiger partial charge in [0, 0.05) is 23.5 Å². The molecule has 0 spiro atoms. The molecular formula is C13H20F3N3. The van der Waals surface area contributed by atoms with E-state index in [4.69, 9.17) is 5.73 Å². The molecule has 6 heteroatoms. The average molecular weight is 275 g/mol. The lowest BCUT2D eigenvalue weighted by Gasteiger charge is -2.33. The third-order valence-electron chi connectivity index (χ3n) is 3.29. The van der Waals surface area contributed by atoms with Crippen LogP contribution >= 0.6 is 0 Å². The first-order valence-electron chi connectivity index (χ1n) is 5.92. The zero-order valence-corrected chi connectivity index (χ0v) is 11.6. The molecule has 0 bridgehead atoms. The van der Waals surface area contributed by atoms with Crippen molar-refractivity contribution >= 4 is 11.4 Å². The molecule has 3 nitrogen and oxygen atoms in total. The Balaban J connectivity index is 2.87. The van der Waals surface area contributed by atoms with Crippen LogP contribution in [-0.4, -0.2) is 31.1 Å². The van der Waals surface area contributed by atoms with Gasteiger partial charge >= 0.3 is 6.18 Å². The van der Waals surface area contributed by atoms with Gasteiger partial charge in [0.25, 0.3) is 0 Å². The van der Waals surface area contributed by atoms with E-state index < -0.39 is 11.7 Å². The Bertz CT molecular complexity index is 439. The monoisotopic (exact) mass is 275 g/mol. The summed E-state index contributed by atoms with van der Waals surface area (Å²) in [5.74, 6) is 0. The molecule has 3 N–H and O–H groups in total. The highest BCUT2D eigenvalue weighted by Crippen LogP contribution is 2.35. The molecule has 0 aliphatic carbocycles. The zero-order valence-electron chi connectivity index (χ0n) is 11.6. The second kappa shape index (κ2) is 5.28. The van der Waals surface area contributed by atoms with E-state index in [1.165, 1.54) is 6.07 Å². The number of halogens is 3. The number of hydrogen-bond donors (Lipinski definition) is 2. The Morgan fingerprint density at radius 2 is 1.79 bits per heavy atom. The van der Waals surface area contributed by atoms with Crippen LogP contribution in [0.3, 0.4) is 0 Å². The molecule has 0 unspecified atom stereocenters. The molecule has 0 aromatic heterocycles. The molecule has 0 atom stereocenters. The van der Waals surface area contributed by atoms with E-state index in [1.807, 2.05) is 32.8 Å². The number of hydrogen-bond acceptors (Lipinski definition) is 3. The number of nitrogens with two attached hydrogens (primary N) is 1. The summed E-state index contributed by atoms with van der Waals surface area (Å²) in [6.07, 6.45) is -4.43. The Labute approximate surface area is 111 Å². The smallest absolute Gasteiger partial charge is 0.398 e. The number of nitrogens with zero attached hydrogens (tertiary/aromatic N) is 1. The molecule has 0 fully saturated rings. The van der Waals surface area contributed by atoms with Crippen molar-refractivity contribution in [3.63, 3.8) is 0 Å². The first-order chi connectivity index (χ1) is 8.54. The fourth-order valence-corrected chi connectivity index (χ4v) is 1.39. The van der Waals surface area contributed by atoms with Gasteiger partial charge in [0.1, 0.15) is 0 Å². The molecule has 0 aliphatic rings. The molecule has 1 aromatic carbocycles. The molecule has 0 amide bonds. The number of alkyl halides is 3. The topological polar surface area (TPSA) is 41.3 Å². The Morgan fingerprint density at radius 1 is 1.21 bits per heavy atom. The van der Waals surface area contributed by atoms with Crippen molar-refractivity contribution in [1.82, 2.24) is 4.90 Å². The summed E-state index contributed by atoms with van der Waals surface area (Å²) in [5.41, 5.74) is 4.53. The summed E-state index contributed by atoms with van der Waals surface area (Å²) in [6.45, 7) is 4.53. The SMILES string of the molecule is CN(C)C(C)(C)CNc1ccc(N)c(C(F)(F)F)c1. The van der Waals surface area contributed by atoms with Crippen LogP contribution in [0.4, 0.5) is 24.5 Å². The van der Waals surface area contributed by atoms with Gasteiger partial charge in [0.2, 0.25) is 0 Å². The van der Waals surface area contributed by atoms with Crippen molar-refractivity contribution in [2.24, 2.45) is 0 Å². The first kappa shape index (κ1) is 15.6. The largest absolute Gasteiger partial charge is 0.418 e. The molecule has 0 saturated carbocycles. The quantitative estimate of drug-likeness (QED) is 0.830. The Kier molecular flexibility index (Phi) is 4.35. The molecule has 0 heterocycles. The number of nitrogens with one attached hydrogen (secondary N) is 1. The number of likely N-dealkylation sites (N-methyl/N-ethyl adjacent to an activating group) is 1. The predicted octanol–water partition coefficient (Wildman–Crippen LogP) is 3.04. The molecule has 0 aliphatic heterocycles. The Hall–Kier alpha value is -1.43. The highest BCUT2D eigenvalue weighted by Gasteiger charge is 2.33. The highest BCUT2D eigenvalue weighted by molar-refractivity contribution is 5.58. The van der Waals surface area contributed by atoms with E-state index in [1.54, 1.807) is 6.07 Å². The van der Waals surface area contributed by atoms with Gasteiger partial charge in [-0.05, 0) is 46.1 Å². The molecule has 0 saturated heterocycles. The fourth-order valence-electron chi connectivity index (χ4n) is 1.39. The third kappa shape index (κ3) is 4.02.